The minimum Gasteiger partial charge on any atom is -0.369 e. The van der Waals surface area contributed by atoms with Crippen LogP contribution in [0.4, 0.5) is 5.69 Å². The van der Waals surface area contributed by atoms with Crippen molar-refractivity contribution >= 4 is 33.8 Å². The molecule has 0 bridgehead atoms. The maximum absolute atomic E-state index is 12.9. The highest BCUT2D eigenvalue weighted by atomic mass is 32.1. The molecule has 168 valence electrons. The van der Waals surface area contributed by atoms with Gasteiger partial charge in [0.2, 0.25) is 0 Å². The van der Waals surface area contributed by atoms with Crippen LogP contribution in [-0.4, -0.2) is 72.0 Å². The molecule has 0 saturated carbocycles. The van der Waals surface area contributed by atoms with Crippen molar-refractivity contribution in [2.75, 3.05) is 51.2 Å². The van der Waals surface area contributed by atoms with E-state index >= 15 is 0 Å². The van der Waals surface area contributed by atoms with Gasteiger partial charge in [-0.15, -0.1) is 11.3 Å². The molecule has 6 nitrogen and oxygen atoms in total. The summed E-state index contributed by atoms with van der Waals surface area (Å²) in [5, 5.41) is 1.15. The van der Waals surface area contributed by atoms with E-state index in [0.29, 0.717) is 11.8 Å². The Morgan fingerprint density at radius 1 is 1.06 bits per heavy atom. The highest BCUT2D eigenvalue weighted by molar-refractivity contribution is 7.13. The third-order valence-electron chi connectivity index (χ3n) is 7.01. The van der Waals surface area contributed by atoms with E-state index in [4.69, 9.17) is 4.98 Å². The van der Waals surface area contributed by atoms with Crippen molar-refractivity contribution in [2.24, 2.45) is 5.92 Å². The van der Waals surface area contributed by atoms with E-state index in [1.54, 1.807) is 17.7 Å². The van der Waals surface area contributed by atoms with E-state index in [0.717, 1.165) is 67.2 Å². The van der Waals surface area contributed by atoms with Gasteiger partial charge in [0.1, 0.15) is 6.33 Å². The molecule has 7 heteroatoms. The Balaban J connectivity index is 1.35. The van der Waals surface area contributed by atoms with Crippen LogP contribution in [-0.2, 0) is 0 Å². The van der Waals surface area contributed by atoms with Gasteiger partial charge in [-0.05, 0) is 56.6 Å². The molecule has 2 unspecified atom stereocenters. The highest BCUT2D eigenvalue weighted by Crippen LogP contribution is 2.36. The fraction of sp³-hybridized carbons (Fsp3) is 0.480. The van der Waals surface area contributed by atoms with Gasteiger partial charge in [-0.3, -0.25) is 4.79 Å². The normalized spacial score (nSPS) is 22.5. The molecule has 0 spiro atoms. The molecule has 4 heterocycles. The number of likely N-dealkylation sites (tertiary alicyclic amines) is 1. The van der Waals surface area contributed by atoms with Crippen molar-refractivity contribution in [1.29, 1.82) is 0 Å². The number of carbonyl (C=O) groups is 1. The first-order valence-electron chi connectivity index (χ1n) is 11.5. The largest absolute Gasteiger partial charge is 0.369 e. The molecule has 2 saturated heterocycles. The molecular formula is C25H31N5OS. The topological polar surface area (TPSA) is 52.6 Å². The van der Waals surface area contributed by atoms with Crippen molar-refractivity contribution in [3.8, 4) is 0 Å². The third kappa shape index (κ3) is 4.11. The molecule has 1 amide bonds. The van der Waals surface area contributed by atoms with Gasteiger partial charge < -0.3 is 14.7 Å². The van der Waals surface area contributed by atoms with Crippen molar-refractivity contribution in [3.63, 3.8) is 0 Å². The van der Waals surface area contributed by atoms with E-state index < -0.39 is 0 Å². The van der Waals surface area contributed by atoms with Crippen LogP contribution in [0.1, 0.15) is 39.5 Å². The summed E-state index contributed by atoms with van der Waals surface area (Å²) in [5.74, 6) is 0.853. The predicted molar refractivity (Wildman–Crippen MR) is 131 cm³/mol. The van der Waals surface area contributed by atoms with Gasteiger partial charge in [0.15, 0.2) is 0 Å². The number of thiophene rings is 1. The van der Waals surface area contributed by atoms with Crippen molar-refractivity contribution in [1.82, 2.24) is 19.8 Å². The van der Waals surface area contributed by atoms with Crippen molar-refractivity contribution in [3.05, 3.63) is 52.1 Å². The summed E-state index contributed by atoms with van der Waals surface area (Å²) < 4.78 is 0. The molecule has 2 aliphatic heterocycles. The van der Waals surface area contributed by atoms with Crippen LogP contribution in [0, 0.1) is 12.8 Å². The average molecular weight is 450 g/mol. The number of hydrogen-bond acceptors (Lipinski definition) is 6. The SMILES string of the molecule is Cc1ccc(C(=O)N2CCC(c3ncnc4cc(N5CCN(C)CC5)ccc34)C(C)C2)s1. The van der Waals surface area contributed by atoms with Gasteiger partial charge in [-0.25, -0.2) is 9.97 Å². The summed E-state index contributed by atoms with van der Waals surface area (Å²) in [6.07, 6.45) is 2.65. The monoisotopic (exact) mass is 449 g/mol. The molecule has 32 heavy (non-hydrogen) atoms. The lowest BCUT2D eigenvalue weighted by Gasteiger charge is -2.37. The second-order valence-corrected chi connectivity index (χ2v) is 10.6. The number of fused-ring (bicyclic) bond motifs is 1. The number of rotatable bonds is 3. The van der Waals surface area contributed by atoms with Crippen LogP contribution in [0.15, 0.2) is 36.7 Å². The first kappa shape index (κ1) is 21.3. The Morgan fingerprint density at radius 2 is 1.88 bits per heavy atom. The summed E-state index contributed by atoms with van der Waals surface area (Å²) in [5.41, 5.74) is 3.40. The van der Waals surface area contributed by atoms with E-state index in [2.05, 4.69) is 47.0 Å². The molecule has 1 aromatic carbocycles. The number of nitrogens with zero attached hydrogens (tertiary/aromatic N) is 5. The van der Waals surface area contributed by atoms with Gasteiger partial charge in [0.05, 0.1) is 16.1 Å². The fourth-order valence-electron chi connectivity index (χ4n) is 5.06. The van der Waals surface area contributed by atoms with Crippen molar-refractivity contribution < 1.29 is 4.79 Å². The number of aryl methyl sites for hydroxylation is 1. The first-order valence-corrected chi connectivity index (χ1v) is 12.3. The van der Waals surface area contributed by atoms with Crippen LogP contribution in [0.5, 0.6) is 0 Å². The maximum Gasteiger partial charge on any atom is 0.263 e. The maximum atomic E-state index is 12.9. The molecule has 3 aromatic rings. The summed E-state index contributed by atoms with van der Waals surface area (Å²) >= 11 is 1.58. The summed E-state index contributed by atoms with van der Waals surface area (Å²) in [4.78, 5) is 31.1. The number of benzene rings is 1. The molecule has 0 radical (unpaired) electrons. The lowest BCUT2D eigenvalue weighted by atomic mass is 9.83. The number of piperazine rings is 1. The Bertz CT molecular complexity index is 1120. The highest BCUT2D eigenvalue weighted by Gasteiger charge is 2.32. The fourth-order valence-corrected chi connectivity index (χ4v) is 5.90. The number of anilines is 1. The van der Waals surface area contributed by atoms with Gasteiger partial charge >= 0.3 is 0 Å². The molecule has 2 aliphatic rings. The van der Waals surface area contributed by atoms with Crippen LogP contribution in [0.25, 0.3) is 10.9 Å². The Labute approximate surface area is 193 Å². The predicted octanol–water partition coefficient (Wildman–Crippen LogP) is 4.02. The van der Waals surface area contributed by atoms with E-state index in [9.17, 15) is 4.79 Å². The van der Waals surface area contributed by atoms with Gasteiger partial charge in [-0.2, -0.15) is 0 Å². The van der Waals surface area contributed by atoms with E-state index in [1.807, 2.05) is 24.0 Å². The van der Waals surface area contributed by atoms with Gasteiger partial charge in [0, 0.05) is 61.1 Å². The van der Waals surface area contributed by atoms with Crippen LogP contribution < -0.4 is 4.90 Å². The average Bonchev–Trinajstić information content (AvgIpc) is 3.24. The molecule has 5 rings (SSSR count). The van der Waals surface area contributed by atoms with Crippen LogP contribution in [0.2, 0.25) is 0 Å². The number of likely N-dealkylation sites (N-methyl/N-ethyl adjacent to an activating group) is 1. The molecule has 2 atom stereocenters. The standard InChI is InChI=1S/C25H31N5OS/c1-17-15-30(25(31)23-7-4-18(2)32-23)9-8-20(17)24-21-6-5-19(14-22(21)26-16-27-24)29-12-10-28(3)11-13-29/h4-7,14,16-17,20H,8-13,15H2,1-3H3. The van der Waals surface area contributed by atoms with E-state index in [1.165, 1.54) is 10.6 Å². The van der Waals surface area contributed by atoms with Crippen LogP contribution in [0.3, 0.4) is 0 Å². The summed E-state index contributed by atoms with van der Waals surface area (Å²) in [6, 6.07) is 10.6. The zero-order chi connectivity index (χ0) is 22.2. The lowest BCUT2D eigenvalue weighted by molar-refractivity contribution is 0.0664. The number of carbonyl (C=O) groups excluding carboxylic acids is 1. The molecule has 0 N–H and O–H groups in total. The van der Waals surface area contributed by atoms with Crippen molar-refractivity contribution in [2.45, 2.75) is 26.2 Å². The summed E-state index contributed by atoms with van der Waals surface area (Å²) in [7, 11) is 2.18. The molecule has 2 fully saturated rings. The number of piperidine rings is 1. The quantitative estimate of drug-likeness (QED) is 0.605. The Morgan fingerprint density at radius 3 is 2.59 bits per heavy atom. The zero-order valence-electron chi connectivity index (χ0n) is 19.1. The van der Waals surface area contributed by atoms with Gasteiger partial charge in [-0.1, -0.05) is 6.92 Å². The zero-order valence-corrected chi connectivity index (χ0v) is 19.9. The smallest absolute Gasteiger partial charge is 0.263 e. The molecule has 0 aliphatic carbocycles. The second kappa shape index (κ2) is 8.79. The van der Waals surface area contributed by atoms with Crippen LogP contribution >= 0.6 is 11.3 Å². The van der Waals surface area contributed by atoms with E-state index in [-0.39, 0.29) is 5.91 Å². The minimum absolute atomic E-state index is 0.165. The first-order chi connectivity index (χ1) is 15.5. The molecular weight excluding hydrogens is 418 g/mol. The molecule has 2 aromatic heterocycles. The second-order valence-electron chi connectivity index (χ2n) is 9.28. The number of aromatic nitrogens is 2. The Hall–Kier alpha value is -2.51. The number of hydrogen-bond donors (Lipinski definition) is 0. The number of amides is 1. The minimum atomic E-state index is 0.165. The summed E-state index contributed by atoms with van der Waals surface area (Å²) in [6.45, 7) is 10.1. The Kier molecular flexibility index (Phi) is 5.86. The lowest BCUT2D eigenvalue weighted by Crippen LogP contribution is -2.44. The third-order valence-corrected chi connectivity index (χ3v) is 8.00. The van der Waals surface area contributed by atoms with Gasteiger partial charge in [0.25, 0.3) is 5.91 Å².